The third kappa shape index (κ3) is 2.10. The van der Waals surface area contributed by atoms with Crippen molar-refractivity contribution in [2.75, 3.05) is 11.9 Å². The van der Waals surface area contributed by atoms with Gasteiger partial charge in [0.1, 0.15) is 6.10 Å². The van der Waals surface area contributed by atoms with Crippen molar-refractivity contribution in [1.82, 2.24) is 0 Å². The van der Waals surface area contributed by atoms with E-state index in [1.807, 2.05) is 18.2 Å². The normalized spacial score (nSPS) is 27.8. The lowest BCUT2D eigenvalue weighted by atomic mass is 10.1. The molecule has 1 fully saturated rings. The van der Waals surface area contributed by atoms with Gasteiger partial charge in [-0.25, -0.2) is 0 Å². The molecule has 1 aliphatic heterocycles. The zero-order chi connectivity index (χ0) is 9.10. The van der Waals surface area contributed by atoms with Gasteiger partial charge in [-0.3, -0.25) is 0 Å². The Morgan fingerprint density at radius 1 is 1.31 bits per heavy atom. The topological polar surface area (TPSA) is 18.5 Å². The fourth-order valence-electron chi connectivity index (χ4n) is 1.38. The summed E-state index contributed by atoms with van der Waals surface area (Å²) in [5.74, 6) is 0. The predicted octanol–water partition coefficient (Wildman–Crippen LogP) is 2.50. The first-order valence-corrected chi connectivity index (χ1v) is 5.40. The summed E-state index contributed by atoms with van der Waals surface area (Å²) < 4.78 is 11.0. The van der Waals surface area contributed by atoms with Crippen LogP contribution in [0.2, 0.25) is 0 Å². The summed E-state index contributed by atoms with van der Waals surface area (Å²) in [4.78, 5) is 0. The Labute approximate surface area is 86.0 Å². The maximum Gasteiger partial charge on any atom is 0.168 e. The van der Waals surface area contributed by atoms with E-state index in [1.54, 1.807) is 0 Å². The van der Waals surface area contributed by atoms with Crippen LogP contribution in [-0.4, -0.2) is 18.2 Å². The fraction of sp³-hybridized carbons (Fsp3) is 0.400. The number of hydrogen-bond donors (Lipinski definition) is 0. The first-order chi connectivity index (χ1) is 6.40. The van der Waals surface area contributed by atoms with E-state index in [9.17, 15) is 0 Å². The van der Waals surface area contributed by atoms with E-state index in [-0.39, 0.29) is 12.4 Å². The van der Waals surface area contributed by atoms with E-state index in [1.165, 1.54) is 5.56 Å². The van der Waals surface area contributed by atoms with Crippen LogP contribution >= 0.6 is 15.9 Å². The van der Waals surface area contributed by atoms with Crippen LogP contribution in [-0.2, 0) is 9.47 Å². The van der Waals surface area contributed by atoms with Crippen LogP contribution in [0.25, 0.3) is 0 Å². The Hall–Kier alpha value is -0.380. The Morgan fingerprint density at radius 2 is 2.08 bits per heavy atom. The highest BCUT2D eigenvalue weighted by Crippen LogP contribution is 2.26. The molecule has 1 aromatic rings. The SMILES string of the molecule is BrCC1OCC(c2ccccc2)O1. The minimum Gasteiger partial charge on any atom is -0.349 e. The lowest BCUT2D eigenvalue weighted by Gasteiger charge is -2.08. The Balaban J connectivity index is 2.04. The average molecular weight is 243 g/mol. The zero-order valence-electron chi connectivity index (χ0n) is 7.15. The third-order valence-electron chi connectivity index (χ3n) is 2.05. The van der Waals surface area contributed by atoms with Crippen LogP contribution < -0.4 is 0 Å². The summed E-state index contributed by atoms with van der Waals surface area (Å²) in [6, 6.07) is 10.1. The van der Waals surface area contributed by atoms with E-state index in [2.05, 4.69) is 28.1 Å². The summed E-state index contributed by atoms with van der Waals surface area (Å²) >= 11 is 3.33. The van der Waals surface area contributed by atoms with Crippen LogP contribution in [0, 0.1) is 0 Å². The van der Waals surface area contributed by atoms with Gasteiger partial charge in [0.2, 0.25) is 0 Å². The molecule has 0 radical (unpaired) electrons. The van der Waals surface area contributed by atoms with Crippen molar-refractivity contribution in [3.8, 4) is 0 Å². The second-order valence-electron chi connectivity index (χ2n) is 2.95. The molecule has 1 saturated heterocycles. The molecule has 13 heavy (non-hydrogen) atoms. The summed E-state index contributed by atoms with van der Waals surface area (Å²) in [6.07, 6.45) is 0.00829. The Kier molecular flexibility index (Phi) is 2.98. The minimum absolute atomic E-state index is 0.0924. The van der Waals surface area contributed by atoms with E-state index < -0.39 is 0 Å². The van der Waals surface area contributed by atoms with Gasteiger partial charge >= 0.3 is 0 Å². The van der Waals surface area contributed by atoms with Crippen LogP contribution in [0.3, 0.4) is 0 Å². The molecule has 3 heteroatoms. The van der Waals surface area contributed by atoms with E-state index in [0.717, 1.165) is 5.33 Å². The standard InChI is InChI=1S/C10H11BrO2/c11-6-10-12-7-9(13-10)8-4-2-1-3-5-8/h1-5,9-10H,6-7H2. The highest BCUT2D eigenvalue weighted by Gasteiger charge is 2.25. The highest BCUT2D eigenvalue weighted by atomic mass is 79.9. The van der Waals surface area contributed by atoms with Gasteiger partial charge in [0.25, 0.3) is 0 Å². The second-order valence-corrected chi connectivity index (χ2v) is 3.60. The molecule has 2 unspecified atom stereocenters. The molecule has 70 valence electrons. The lowest BCUT2D eigenvalue weighted by molar-refractivity contribution is -0.0379. The molecule has 1 heterocycles. The monoisotopic (exact) mass is 242 g/mol. The fourth-order valence-corrected chi connectivity index (χ4v) is 1.72. The maximum absolute atomic E-state index is 5.63. The summed E-state index contributed by atoms with van der Waals surface area (Å²) in [7, 11) is 0. The number of hydrogen-bond acceptors (Lipinski definition) is 2. The molecular weight excluding hydrogens is 232 g/mol. The summed E-state index contributed by atoms with van der Waals surface area (Å²) in [5, 5.41) is 0.732. The molecule has 1 aromatic carbocycles. The molecule has 2 atom stereocenters. The zero-order valence-corrected chi connectivity index (χ0v) is 8.74. The maximum atomic E-state index is 5.63. The van der Waals surface area contributed by atoms with Crippen molar-refractivity contribution in [1.29, 1.82) is 0 Å². The largest absolute Gasteiger partial charge is 0.349 e. The van der Waals surface area contributed by atoms with Crippen LogP contribution in [0.4, 0.5) is 0 Å². The van der Waals surface area contributed by atoms with Crippen molar-refractivity contribution < 1.29 is 9.47 Å². The number of ether oxygens (including phenoxy) is 2. The van der Waals surface area contributed by atoms with Crippen molar-refractivity contribution >= 4 is 15.9 Å². The van der Waals surface area contributed by atoms with Gasteiger partial charge < -0.3 is 9.47 Å². The van der Waals surface area contributed by atoms with Crippen molar-refractivity contribution in [3.63, 3.8) is 0 Å². The lowest BCUT2D eigenvalue weighted by Crippen LogP contribution is -2.08. The van der Waals surface area contributed by atoms with E-state index in [0.29, 0.717) is 6.61 Å². The van der Waals surface area contributed by atoms with Crippen LogP contribution in [0.15, 0.2) is 30.3 Å². The molecule has 0 N–H and O–H groups in total. The van der Waals surface area contributed by atoms with Crippen molar-refractivity contribution in [3.05, 3.63) is 35.9 Å². The van der Waals surface area contributed by atoms with Gasteiger partial charge in [-0.05, 0) is 5.56 Å². The average Bonchev–Trinajstić information content (AvgIpc) is 2.67. The molecular formula is C10H11BrO2. The van der Waals surface area contributed by atoms with Gasteiger partial charge in [0, 0.05) is 0 Å². The minimum atomic E-state index is -0.0924. The van der Waals surface area contributed by atoms with E-state index in [4.69, 9.17) is 9.47 Å². The van der Waals surface area contributed by atoms with Gasteiger partial charge in [-0.15, -0.1) is 0 Å². The van der Waals surface area contributed by atoms with Gasteiger partial charge in [-0.1, -0.05) is 46.3 Å². The number of alkyl halides is 1. The van der Waals surface area contributed by atoms with Crippen LogP contribution in [0.1, 0.15) is 11.7 Å². The molecule has 2 nitrogen and oxygen atoms in total. The van der Waals surface area contributed by atoms with Gasteiger partial charge in [0.05, 0.1) is 11.9 Å². The third-order valence-corrected chi connectivity index (χ3v) is 2.58. The van der Waals surface area contributed by atoms with Gasteiger partial charge in [-0.2, -0.15) is 0 Å². The molecule has 0 aliphatic carbocycles. The Bertz CT molecular complexity index is 263. The highest BCUT2D eigenvalue weighted by molar-refractivity contribution is 9.09. The smallest absolute Gasteiger partial charge is 0.168 e. The molecule has 0 aromatic heterocycles. The Morgan fingerprint density at radius 3 is 2.69 bits per heavy atom. The quantitative estimate of drug-likeness (QED) is 0.743. The molecule has 0 amide bonds. The van der Waals surface area contributed by atoms with Gasteiger partial charge in [0.15, 0.2) is 6.29 Å². The van der Waals surface area contributed by atoms with Crippen LogP contribution in [0.5, 0.6) is 0 Å². The molecule has 1 aliphatic rings. The molecule has 0 spiro atoms. The molecule has 0 saturated carbocycles. The first kappa shape index (κ1) is 9.19. The second kappa shape index (κ2) is 4.22. The molecule has 2 rings (SSSR count). The van der Waals surface area contributed by atoms with Crippen molar-refractivity contribution in [2.24, 2.45) is 0 Å². The number of benzene rings is 1. The first-order valence-electron chi connectivity index (χ1n) is 4.28. The number of halogens is 1. The number of rotatable bonds is 2. The van der Waals surface area contributed by atoms with E-state index >= 15 is 0 Å². The predicted molar refractivity (Wildman–Crippen MR) is 53.8 cm³/mol. The summed E-state index contributed by atoms with van der Waals surface area (Å²) in [6.45, 7) is 0.653. The van der Waals surface area contributed by atoms with Crippen molar-refractivity contribution in [2.45, 2.75) is 12.4 Å². The molecule has 0 bridgehead atoms. The summed E-state index contributed by atoms with van der Waals surface area (Å²) in [5.41, 5.74) is 1.19.